The van der Waals surface area contributed by atoms with Gasteiger partial charge in [-0.15, -0.1) is 0 Å². The van der Waals surface area contributed by atoms with Crippen LogP contribution >= 0.6 is 0 Å². The minimum atomic E-state index is -1.85. The molecule has 7 atom stereocenters. The highest BCUT2D eigenvalue weighted by Gasteiger charge is 2.51. The molecule has 1 aliphatic heterocycles. The van der Waals surface area contributed by atoms with Gasteiger partial charge in [-0.2, -0.15) is 0 Å². The highest BCUT2D eigenvalue weighted by Crippen LogP contribution is 2.56. The second-order valence-electron chi connectivity index (χ2n) is 10.6. The first kappa shape index (κ1) is 28.0. The number of fused-ring (bicyclic) bond motifs is 3. The number of hydrogen-bond donors (Lipinski definition) is 6. The minimum absolute atomic E-state index is 0.00427. The number of ketones is 2. The van der Waals surface area contributed by atoms with Crippen LogP contribution in [0.2, 0.25) is 0 Å². The molecule has 214 valence electrons. The van der Waals surface area contributed by atoms with Gasteiger partial charge in [0, 0.05) is 42.5 Å². The smallest absolute Gasteiger partial charge is 0.303 e. The van der Waals surface area contributed by atoms with Gasteiger partial charge in [-0.1, -0.05) is 19.1 Å². The first-order valence-electron chi connectivity index (χ1n) is 13.0. The summed E-state index contributed by atoms with van der Waals surface area (Å²) in [4.78, 5) is 38.4. The topological polar surface area (TPSA) is 206 Å². The van der Waals surface area contributed by atoms with Crippen LogP contribution in [0.15, 0.2) is 18.2 Å². The first-order valence-corrected chi connectivity index (χ1v) is 13.0. The van der Waals surface area contributed by atoms with Crippen molar-refractivity contribution in [3.05, 3.63) is 51.6 Å². The molecule has 0 amide bonds. The van der Waals surface area contributed by atoms with E-state index in [0.29, 0.717) is 0 Å². The molecule has 3 aliphatic rings. The number of rotatable bonds is 4. The lowest BCUT2D eigenvalue weighted by atomic mass is 9.70. The molecule has 7 N–H and O–H groups in total. The van der Waals surface area contributed by atoms with Gasteiger partial charge in [0.05, 0.1) is 34.5 Å². The summed E-state index contributed by atoms with van der Waals surface area (Å²) in [7, 11) is 0. The number of phenols is 3. The van der Waals surface area contributed by atoms with Crippen molar-refractivity contribution < 1.29 is 54.1 Å². The van der Waals surface area contributed by atoms with E-state index in [1.807, 2.05) is 0 Å². The molecule has 5 rings (SSSR count). The molecular weight excluding hydrogens is 526 g/mol. The van der Waals surface area contributed by atoms with Crippen molar-refractivity contribution in [1.29, 1.82) is 0 Å². The van der Waals surface area contributed by atoms with Crippen molar-refractivity contribution >= 4 is 17.5 Å². The Bertz CT molecular complexity index is 1410. The van der Waals surface area contributed by atoms with Crippen LogP contribution < -0.4 is 5.73 Å². The van der Waals surface area contributed by atoms with Crippen molar-refractivity contribution in [3.63, 3.8) is 0 Å². The summed E-state index contributed by atoms with van der Waals surface area (Å²) < 4.78 is 17.3. The Balaban J connectivity index is 1.62. The van der Waals surface area contributed by atoms with Crippen LogP contribution in [0.5, 0.6) is 17.2 Å². The minimum Gasteiger partial charge on any atom is -0.507 e. The van der Waals surface area contributed by atoms with Gasteiger partial charge in [-0.3, -0.25) is 14.4 Å². The molecule has 0 unspecified atom stereocenters. The van der Waals surface area contributed by atoms with Crippen molar-refractivity contribution in [3.8, 4) is 17.2 Å². The van der Waals surface area contributed by atoms with Gasteiger partial charge in [0.25, 0.3) is 0 Å². The number of aliphatic hydroxyl groups is 2. The molecule has 40 heavy (non-hydrogen) atoms. The lowest BCUT2D eigenvalue weighted by Crippen LogP contribution is -2.54. The fraction of sp³-hybridized carbons (Fsp3) is 0.464. The van der Waals surface area contributed by atoms with Gasteiger partial charge in [0.2, 0.25) is 5.78 Å². The number of aromatic hydroxyl groups is 3. The summed E-state index contributed by atoms with van der Waals surface area (Å²) >= 11 is 0. The molecule has 0 saturated carbocycles. The van der Waals surface area contributed by atoms with Crippen molar-refractivity contribution in [2.24, 2.45) is 5.73 Å². The van der Waals surface area contributed by atoms with E-state index in [9.17, 15) is 39.9 Å². The third-order valence-corrected chi connectivity index (χ3v) is 8.08. The lowest BCUT2D eigenvalue weighted by Gasteiger charge is -2.45. The normalized spacial score (nSPS) is 31.2. The van der Waals surface area contributed by atoms with Gasteiger partial charge >= 0.3 is 5.97 Å². The Morgan fingerprint density at radius 3 is 2.38 bits per heavy atom. The van der Waals surface area contributed by atoms with Crippen LogP contribution in [0.25, 0.3) is 0 Å². The number of nitrogens with two attached hydrogens (primary N) is 1. The van der Waals surface area contributed by atoms with Crippen molar-refractivity contribution in [2.75, 3.05) is 0 Å². The van der Waals surface area contributed by atoms with Gasteiger partial charge in [-0.05, 0) is 19.4 Å². The monoisotopic (exact) mass is 557 g/mol. The van der Waals surface area contributed by atoms with Gasteiger partial charge < -0.3 is 45.5 Å². The molecule has 0 bridgehead atoms. The fourth-order valence-corrected chi connectivity index (χ4v) is 6.01. The Morgan fingerprint density at radius 1 is 1.10 bits per heavy atom. The zero-order valence-corrected chi connectivity index (χ0v) is 22.1. The maximum atomic E-state index is 13.5. The van der Waals surface area contributed by atoms with E-state index >= 15 is 0 Å². The Morgan fingerprint density at radius 2 is 1.75 bits per heavy atom. The summed E-state index contributed by atoms with van der Waals surface area (Å²) in [6, 6.07) is 3.19. The molecule has 12 nitrogen and oxygen atoms in total. The maximum Gasteiger partial charge on any atom is 0.303 e. The zero-order valence-electron chi connectivity index (χ0n) is 22.1. The summed E-state index contributed by atoms with van der Waals surface area (Å²) in [6.07, 6.45) is -5.65. The molecule has 2 aromatic rings. The van der Waals surface area contributed by atoms with Crippen molar-refractivity contribution in [1.82, 2.24) is 0 Å². The van der Waals surface area contributed by atoms with E-state index in [1.165, 1.54) is 25.1 Å². The molecule has 0 aromatic heterocycles. The lowest BCUT2D eigenvalue weighted by molar-refractivity contribution is -0.255. The van der Waals surface area contributed by atoms with E-state index in [0.717, 1.165) is 0 Å². The van der Waals surface area contributed by atoms with Crippen LogP contribution in [-0.2, 0) is 19.0 Å². The molecule has 0 radical (unpaired) electrons. The maximum absolute atomic E-state index is 13.5. The van der Waals surface area contributed by atoms with Gasteiger partial charge in [-0.25, -0.2) is 0 Å². The molecule has 2 aromatic carbocycles. The molecule has 1 fully saturated rings. The summed E-state index contributed by atoms with van der Waals surface area (Å²) in [5.74, 6) is -4.28. The van der Waals surface area contributed by atoms with E-state index in [1.54, 1.807) is 13.8 Å². The third kappa shape index (κ3) is 4.14. The summed E-state index contributed by atoms with van der Waals surface area (Å²) in [5, 5.41) is 55.7. The quantitative estimate of drug-likeness (QED) is 0.200. The van der Waals surface area contributed by atoms with Gasteiger partial charge in [0.1, 0.15) is 29.5 Å². The van der Waals surface area contributed by atoms with Crippen LogP contribution in [0.3, 0.4) is 0 Å². The number of ether oxygens (including phenoxy) is 3. The molecule has 1 heterocycles. The molecule has 12 heteroatoms. The largest absolute Gasteiger partial charge is 0.507 e. The Kier molecular flexibility index (Phi) is 6.87. The Labute approximate surface area is 228 Å². The number of carbonyl (C=O) groups is 3. The molecular formula is C28H31NO11. The van der Waals surface area contributed by atoms with Crippen LogP contribution in [0, 0.1) is 0 Å². The average Bonchev–Trinajstić information content (AvgIpc) is 2.88. The predicted molar refractivity (Wildman–Crippen MR) is 136 cm³/mol. The highest BCUT2D eigenvalue weighted by molar-refractivity contribution is 6.31. The number of aliphatic hydroxyl groups excluding tert-OH is 1. The third-order valence-electron chi connectivity index (χ3n) is 8.08. The van der Waals surface area contributed by atoms with Crippen LogP contribution in [0.4, 0.5) is 0 Å². The second-order valence-corrected chi connectivity index (χ2v) is 10.6. The molecule has 1 saturated heterocycles. The standard InChI is InChI=1S/C28H31NO11/c1-4-28(37)9-15(40-16-8-13(29)26(10(2)38-16)39-11(3)30)18-21(27(28)36)25(35)19-20(24(18)34)23(33)17-12(22(19)32)6-5-7-14(17)31/h5-7,10,13,15-16,26-27,31,34-37H,4,8-9,29H2,1-3H3/t10-,13-,15-,16-,26+,27+,28+/m0/s1. The number of hydrogen-bond acceptors (Lipinski definition) is 12. The fourth-order valence-electron chi connectivity index (χ4n) is 6.01. The van der Waals surface area contributed by atoms with E-state index < -0.39 is 88.3 Å². The highest BCUT2D eigenvalue weighted by atomic mass is 16.7. The number of phenolic OH excluding ortho intramolecular Hbond substituents is 3. The SMILES string of the molecule is CC[C@@]1(O)C[C@H](O[C@H]2C[C@H](N)[C@H](OC(C)=O)[C@H](C)O2)c2c(O)c3c(c(O)c2[C@H]1O)C(=O)c1cccc(O)c1C3=O. The second kappa shape index (κ2) is 9.82. The number of benzene rings is 2. The van der Waals surface area contributed by atoms with E-state index in [-0.39, 0.29) is 41.5 Å². The van der Waals surface area contributed by atoms with Gasteiger partial charge in [0.15, 0.2) is 12.1 Å². The summed E-state index contributed by atoms with van der Waals surface area (Å²) in [5.41, 5.74) is 2.20. The van der Waals surface area contributed by atoms with Crippen molar-refractivity contribution in [2.45, 2.75) is 82.4 Å². The predicted octanol–water partition coefficient (Wildman–Crippen LogP) is 1.61. The zero-order chi connectivity index (χ0) is 29.3. The van der Waals surface area contributed by atoms with E-state index in [4.69, 9.17) is 19.9 Å². The Hall–Kier alpha value is -3.55. The number of esters is 1. The first-order chi connectivity index (χ1) is 18.8. The summed E-state index contributed by atoms with van der Waals surface area (Å²) in [6.45, 7) is 4.49. The van der Waals surface area contributed by atoms with E-state index in [2.05, 4.69) is 0 Å². The number of carbonyl (C=O) groups excluding carboxylic acids is 3. The molecule has 2 aliphatic carbocycles. The van der Waals surface area contributed by atoms with Crippen LogP contribution in [0.1, 0.15) is 95.2 Å². The average molecular weight is 558 g/mol. The van der Waals surface area contributed by atoms with Crippen LogP contribution in [-0.4, -0.2) is 73.2 Å². The molecule has 0 spiro atoms.